The van der Waals surface area contributed by atoms with Crippen LogP contribution in [-0.4, -0.2) is 44.1 Å². The van der Waals surface area contributed by atoms with Gasteiger partial charge >= 0.3 is 0 Å². The van der Waals surface area contributed by atoms with Gasteiger partial charge in [0.1, 0.15) is 11.0 Å². The van der Waals surface area contributed by atoms with Crippen LogP contribution in [0.3, 0.4) is 0 Å². The average Bonchev–Trinajstić information content (AvgIpc) is 2.25. The number of anilines is 1. The summed E-state index contributed by atoms with van der Waals surface area (Å²) in [5, 5.41) is 3.44. The highest BCUT2D eigenvalue weighted by Crippen LogP contribution is 2.28. The maximum atomic E-state index is 11.5. The first-order chi connectivity index (χ1) is 8.24. The largest absolute Gasteiger partial charge is 0.368 e. The fraction of sp³-hybridized carbons (Fsp3) is 0.444. The van der Waals surface area contributed by atoms with Crippen molar-refractivity contribution in [1.82, 2.24) is 9.29 Å². The molecule has 0 unspecified atom stereocenters. The fourth-order valence-corrected chi connectivity index (χ4v) is 2.34. The molecular weight excluding hydrogens is 321 g/mol. The zero-order valence-electron chi connectivity index (χ0n) is 9.74. The smallest absolute Gasteiger partial charge is 0.215 e. The topological polar surface area (TPSA) is 62.3 Å². The SMILES string of the molecule is CN(C)S(=O)(=O)CCNc1nc(Cl)c(Cl)cc1Cl. The summed E-state index contributed by atoms with van der Waals surface area (Å²) in [6.07, 6.45) is 0. The molecule has 0 aliphatic heterocycles. The number of hydrogen-bond acceptors (Lipinski definition) is 4. The molecule has 0 fully saturated rings. The molecule has 0 radical (unpaired) electrons. The van der Waals surface area contributed by atoms with Gasteiger partial charge < -0.3 is 5.32 Å². The molecule has 102 valence electrons. The maximum absolute atomic E-state index is 11.5. The van der Waals surface area contributed by atoms with E-state index in [4.69, 9.17) is 34.8 Å². The number of pyridine rings is 1. The molecule has 1 aromatic heterocycles. The molecule has 0 atom stereocenters. The minimum Gasteiger partial charge on any atom is -0.368 e. The second kappa shape index (κ2) is 6.25. The number of rotatable bonds is 5. The van der Waals surface area contributed by atoms with Crippen molar-refractivity contribution < 1.29 is 8.42 Å². The summed E-state index contributed by atoms with van der Waals surface area (Å²) >= 11 is 17.3. The van der Waals surface area contributed by atoms with Crippen LogP contribution in [0.2, 0.25) is 15.2 Å². The monoisotopic (exact) mass is 331 g/mol. The Bertz CT molecular complexity index is 534. The van der Waals surface area contributed by atoms with Gasteiger partial charge in [-0.2, -0.15) is 0 Å². The van der Waals surface area contributed by atoms with Crippen LogP contribution in [0.4, 0.5) is 5.82 Å². The number of sulfonamides is 1. The second-order valence-corrected chi connectivity index (χ2v) is 7.09. The maximum Gasteiger partial charge on any atom is 0.215 e. The molecule has 9 heteroatoms. The molecule has 1 N–H and O–H groups in total. The van der Waals surface area contributed by atoms with E-state index in [1.54, 1.807) is 0 Å². The molecular formula is C9H12Cl3N3O2S. The first kappa shape index (κ1) is 15.8. The number of hydrogen-bond donors (Lipinski definition) is 1. The van der Waals surface area contributed by atoms with E-state index in [2.05, 4.69) is 10.3 Å². The predicted octanol–water partition coefficient (Wildman–Crippen LogP) is 2.35. The second-order valence-electron chi connectivity index (χ2n) is 3.62. The lowest BCUT2D eigenvalue weighted by Gasteiger charge is -2.12. The third-order valence-corrected chi connectivity index (χ3v) is 4.89. The summed E-state index contributed by atoms with van der Waals surface area (Å²) in [6, 6.07) is 1.45. The number of nitrogens with one attached hydrogen (secondary N) is 1. The summed E-state index contributed by atoms with van der Waals surface area (Å²) < 4.78 is 24.2. The van der Waals surface area contributed by atoms with Crippen LogP contribution in [0.15, 0.2) is 6.07 Å². The average molecular weight is 333 g/mol. The van der Waals surface area contributed by atoms with Crippen molar-refractivity contribution in [3.63, 3.8) is 0 Å². The molecule has 1 rings (SSSR count). The molecule has 18 heavy (non-hydrogen) atoms. The van der Waals surface area contributed by atoms with E-state index in [0.29, 0.717) is 5.82 Å². The zero-order chi connectivity index (χ0) is 13.9. The van der Waals surface area contributed by atoms with Gasteiger partial charge in [0, 0.05) is 20.6 Å². The van der Waals surface area contributed by atoms with Crippen molar-refractivity contribution in [3.05, 3.63) is 21.3 Å². The molecule has 1 heterocycles. The number of halogens is 3. The molecule has 5 nitrogen and oxygen atoms in total. The van der Waals surface area contributed by atoms with Crippen LogP contribution in [0.25, 0.3) is 0 Å². The van der Waals surface area contributed by atoms with Gasteiger partial charge in [0.05, 0.1) is 15.8 Å². The van der Waals surface area contributed by atoms with E-state index < -0.39 is 10.0 Å². The number of aromatic nitrogens is 1. The van der Waals surface area contributed by atoms with E-state index in [1.165, 1.54) is 20.2 Å². The highest BCUT2D eigenvalue weighted by molar-refractivity contribution is 7.89. The van der Waals surface area contributed by atoms with Gasteiger partial charge in [-0.3, -0.25) is 0 Å². The van der Waals surface area contributed by atoms with Crippen molar-refractivity contribution in [2.45, 2.75) is 0 Å². The van der Waals surface area contributed by atoms with Crippen LogP contribution in [0.1, 0.15) is 0 Å². The van der Waals surface area contributed by atoms with E-state index >= 15 is 0 Å². The molecule has 0 saturated heterocycles. The molecule has 0 spiro atoms. The summed E-state index contributed by atoms with van der Waals surface area (Å²) in [5.74, 6) is 0.234. The third kappa shape index (κ3) is 4.13. The van der Waals surface area contributed by atoms with Crippen LogP contribution in [-0.2, 0) is 10.0 Å². The van der Waals surface area contributed by atoms with Crippen LogP contribution < -0.4 is 5.32 Å². The van der Waals surface area contributed by atoms with Gasteiger partial charge in [-0.1, -0.05) is 34.8 Å². The lowest BCUT2D eigenvalue weighted by molar-refractivity contribution is 0.521. The van der Waals surface area contributed by atoms with E-state index in [-0.39, 0.29) is 27.5 Å². The first-order valence-corrected chi connectivity index (χ1v) is 7.64. The Labute approximate surface area is 121 Å². The highest BCUT2D eigenvalue weighted by Gasteiger charge is 2.14. The van der Waals surface area contributed by atoms with E-state index in [0.717, 1.165) is 4.31 Å². The molecule has 0 bridgehead atoms. The molecule has 0 aliphatic carbocycles. The normalized spacial score (nSPS) is 11.9. The van der Waals surface area contributed by atoms with Crippen LogP contribution in [0.5, 0.6) is 0 Å². The van der Waals surface area contributed by atoms with Gasteiger partial charge in [-0.25, -0.2) is 17.7 Å². The summed E-state index contributed by atoms with van der Waals surface area (Å²) in [7, 11) is -0.315. The Balaban J connectivity index is 2.68. The minimum absolute atomic E-state index is 0.0712. The van der Waals surface area contributed by atoms with Gasteiger partial charge in [-0.15, -0.1) is 0 Å². The van der Waals surface area contributed by atoms with E-state index in [1.807, 2.05) is 0 Å². The Kier molecular flexibility index (Phi) is 5.48. The highest BCUT2D eigenvalue weighted by atomic mass is 35.5. The molecule has 0 saturated carbocycles. The summed E-state index contributed by atoms with van der Waals surface area (Å²) in [6.45, 7) is 0.172. The zero-order valence-corrected chi connectivity index (χ0v) is 12.8. The van der Waals surface area contributed by atoms with E-state index in [9.17, 15) is 8.42 Å². The van der Waals surface area contributed by atoms with Gasteiger partial charge in [0.2, 0.25) is 10.0 Å². The molecule has 1 aromatic rings. The van der Waals surface area contributed by atoms with Gasteiger partial charge in [0.15, 0.2) is 0 Å². The summed E-state index contributed by atoms with van der Waals surface area (Å²) in [5.41, 5.74) is 0. The van der Waals surface area contributed by atoms with Crippen LogP contribution >= 0.6 is 34.8 Å². The lowest BCUT2D eigenvalue weighted by Crippen LogP contribution is -2.28. The van der Waals surface area contributed by atoms with Gasteiger partial charge in [-0.05, 0) is 6.07 Å². The Morgan fingerprint density at radius 3 is 2.44 bits per heavy atom. The van der Waals surface area contributed by atoms with Gasteiger partial charge in [0.25, 0.3) is 0 Å². The van der Waals surface area contributed by atoms with Crippen LogP contribution in [0, 0.1) is 0 Å². The molecule has 0 amide bonds. The van der Waals surface area contributed by atoms with Crippen molar-refractivity contribution in [2.75, 3.05) is 31.7 Å². The fourth-order valence-electron chi connectivity index (χ4n) is 1.05. The Morgan fingerprint density at radius 2 is 1.89 bits per heavy atom. The van der Waals surface area contributed by atoms with Crippen molar-refractivity contribution in [2.24, 2.45) is 0 Å². The number of nitrogens with zero attached hydrogens (tertiary/aromatic N) is 2. The van der Waals surface area contributed by atoms with Crippen molar-refractivity contribution in [1.29, 1.82) is 0 Å². The predicted molar refractivity (Wildman–Crippen MR) is 75.2 cm³/mol. The third-order valence-electron chi connectivity index (χ3n) is 2.10. The molecule has 0 aliphatic rings. The quantitative estimate of drug-likeness (QED) is 0.841. The van der Waals surface area contributed by atoms with Crippen molar-refractivity contribution >= 4 is 50.6 Å². The first-order valence-electron chi connectivity index (χ1n) is 4.89. The standard InChI is InChI=1S/C9H12Cl3N3O2S/c1-15(2)18(16,17)4-3-13-9-7(11)5-6(10)8(12)14-9/h5H,3-4H2,1-2H3,(H,13,14). The van der Waals surface area contributed by atoms with Crippen molar-refractivity contribution in [3.8, 4) is 0 Å². The lowest BCUT2D eigenvalue weighted by atomic mass is 10.4. The molecule has 0 aromatic carbocycles. The Hall–Kier alpha value is -0.270. The summed E-state index contributed by atoms with van der Waals surface area (Å²) in [4.78, 5) is 3.92. The Morgan fingerprint density at radius 1 is 1.28 bits per heavy atom. The minimum atomic E-state index is -3.26.